The van der Waals surface area contributed by atoms with Crippen LogP contribution in [0.5, 0.6) is 0 Å². The maximum atomic E-state index is 13.9. The highest BCUT2D eigenvalue weighted by Crippen LogP contribution is 2.33. The van der Waals surface area contributed by atoms with Crippen LogP contribution in [-0.2, 0) is 0 Å². The van der Waals surface area contributed by atoms with E-state index in [1.807, 2.05) is 0 Å². The highest BCUT2D eigenvalue weighted by atomic mass is 79.9. The van der Waals surface area contributed by atoms with E-state index in [0.29, 0.717) is 15.7 Å². The fraction of sp³-hybridized carbons (Fsp3) is 0. The van der Waals surface area contributed by atoms with Crippen molar-refractivity contribution in [2.24, 2.45) is 5.73 Å². The average molecular weight is 316 g/mol. The van der Waals surface area contributed by atoms with Crippen molar-refractivity contribution in [3.05, 3.63) is 40.4 Å². The van der Waals surface area contributed by atoms with E-state index in [-0.39, 0.29) is 10.3 Å². The Balaban J connectivity index is 2.37. The molecule has 0 spiro atoms. The van der Waals surface area contributed by atoms with E-state index in [1.165, 1.54) is 18.5 Å². The first-order valence-electron chi connectivity index (χ1n) is 4.49. The molecule has 3 N–H and O–H groups in total. The lowest BCUT2D eigenvalue weighted by Gasteiger charge is -2.06. The number of oxazole rings is 1. The Kier molecular flexibility index (Phi) is 3.49. The van der Waals surface area contributed by atoms with Gasteiger partial charge in [0, 0.05) is 5.56 Å². The van der Waals surface area contributed by atoms with Gasteiger partial charge in [-0.1, -0.05) is 0 Å². The van der Waals surface area contributed by atoms with Crippen LogP contribution in [0, 0.1) is 11.2 Å². The van der Waals surface area contributed by atoms with Gasteiger partial charge in [-0.25, -0.2) is 9.37 Å². The van der Waals surface area contributed by atoms with Crippen LogP contribution >= 0.6 is 27.7 Å². The van der Waals surface area contributed by atoms with Gasteiger partial charge in [-0.15, -0.1) is 0 Å². The van der Waals surface area contributed by atoms with Crippen molar-refractivity contribution in [1.82, 2.24) is 4.98 Å². The third-order valence-electron chi connectivity index (χ3n) is 1.94. The van der Waals surface area contributed by atoms with E-state index in [2.05, 4.69) is 20.9 Å². The molecule has 2 rings (SSSR count). The third kappa shape index (κ3) is 2.50. The monoisotopic (exact) mass is 315 g/mol. The van der Waals surface area contributed by atoms with E-state index in [1.54, 1.807) is 6.07 Å². The number of amidine groups is 1. The van der Waals surface area contributed by atoms with Gasteiger partial charge in [0.2, 0.25) is 0 Å². The van der Waals surface area contributed by atoms with Crippen molar-refractivity contribution >= 4 is 33.5 Å². The van der Waals surface area contributed by atoms with Crippen molar-refractivity contribution in [1.29, 1.82) is 5.41 Å². The van der Waals surface area contributed by atoms with Gasteiger partial charge in [-0.2, -0.15) is 0 Å². The zero-order valence-corrected chi connectivity index (χ0v) is 10.8. The van der Waals surface area contributed by atoms with Gasteiger partial charge in [-0.3, -0.25) is 5.41 Å². The number of rotatable bonds is 3. The van der Waals surface area contributed by atoms with Gasteiger partial charge in [0.05, 0.1) is 15.6 Å². The minimum atomic E-state index is -0.485. The molecule has 4 nitrogen and oxygen atoms in total. The second kappa shape index (κ2) is 4.89. The predicted molar refractivity (Wildman–Crippen MR) is 65.7 cm³/mol. The number of nitrogen functional groups attached to an aromatic ring is 1. The molecule has 0 bridgehead atoms. The smallest absolute Gasteiger partial charge is 0.260 e. The molecule has 0 unspecified atom stereocenters. The zero-order valence-electron chi connectivity index (χ0n) is 8.41. The largest absolute Gasteiger partial charge is 0.440 e. The van der Waals surface area contributed by atoms with Crippen molar-refractivity contribution in [3.63, 3.8) is 0 Å². The van der Waals surface area contributed by atoms with Crippen LogP contribution in [-0.4, -0.2) is 10.8 Å². The zero-order chi connectivity index (χ0) is 12.4. The van der Waals surface area contributed by atoms with Crippen LogP contribution in [0.4, 0.5) is 4.39 Å². The Labute approximate surface area is 109 Å². The number of nitrogens with one attached hydrogen (secondary N) is 1. The molecule has 0 amide bonds. The molecule has 7 heteroatoms. The first-order valence-corrected chi connectivity index (χ1v) is 6.10. The number of nitrogens with two attached hydrogens (primary N) is 1. The molecule has 1 heterocycles. The Morgan fingerprint density at radius 1 is 1.53 bits per heavy atom. The van der Waals surface area contributed by atoms with Crippen molar-refractivity contribution in [2.75, 3.05) is 0 Å². The maximum absolute atomic E-state index is 13.9. The van der Waals surface area contributed by atoms with E-state index < -0.39 is 5.82 Å². The van der Waals surface area contributed by atoms with Crippen molar-refractivity contribution in [2.45, 2.75) is 10.1 Å². The van der Waals surface area contributed by atoms with Gasteiger partial charge in [0.15, 0.2) is 5.82 Å². The van der Waals surface area contributed by atoms with Crippen LogP contribution in [0.25, 0.3) is 0 Å². The maximum Gasteiger partial charge on any atom is 0.260 e. The molecular weight excluding hydrogens is 309 g/mol. The molecule has 17 heavy (non-hydrogen) atoms. The van der Waals surface area contributed by atoms with Crippen LogP contribution in [0.1, 0.15) is 5.56 Å². The molecule has 0 atom stereocenters. The normalized spacial score (nSPS) is 10.5. The summed E-state index contributed by atoms with van der Waals surface area (Å²) in [6.07, 6.45) is 2.90. The molecule has 0 aliphatic rings. The van der Waals surface area contributed by atoms with E-state index >= 15 is 0 Å². The molecule has 1 aromatic heterocycles. The summed E-state index contributed by atoms with van der Waals surface area (Å²) in [5.41, 5.74) is 5.64. The van der Waals surface area contributed by atoms with Gasteiger partial charge < -0.3 is 10.2 Å². The molecular formula is C10H7BrFN3OS. The topological polar surface area (TPSA) is 75.9 Å². The summed E-state index contributed by atoms with van der Waals surface area (Å²) in [5.74, 6) is -0.677. The van der Waals surface area contributed by atoms with E-state index in [0.717, 1.165) is 11.8 Å². The summed E-state index contributed by atoms with van der Waals surface area (Å²) in [7, 11) is 0. The van der Waals surface area contributed by atoms with E-state index in [9.17, 15) is 4.39 Å². The number of aromatic nitrogens is 1. The van der Waals surface area contributed by atoms with Crippen LogP contribution in [0.2, 0.25) is 0 Å². The lowest BCUT2D eigenvalue weighted by Crippen LogP contribution is -2.12. The molecule has 0 saturated heterocycles. The molecule has 0 saturated carbocycles. The lowest BCUT2D eigenvalue weighted by molar-refractivity contribution is 0.453. The minimum Gasteiger partial charge on any atom is -0.440 e. The quantitative estimate of drug-likeness (QED) is 0.674. The first kappa shape index (κ1) is 12.1. The average Bonchev–Trinajstić information content (AvgIpc) is 2.77. The Bertz CT molecular complexity index is 559. The molecule has 0 aliphatic carbocycles. The number of hydrogen-bond donors (Lipinski definition) is 2. The molecule has 1 aromatic carbocycles. The summed E-state index contributed by atoms with van der Waals surface area (Å²) in [4.78, 5) is 4.24. The third-order valence-corrected chi connectivity index (χ3v) is 3.63. The summed E-state index contributed by atoms with van der Waals surface area (Å²) < 4.78 is 19.1. The second-order valence-corrected chi connectivity index (χ2v) is 4.84. The highest BCUT2D eigenvalue weighted by Gasteiger charge is 2.15. The molecule has 2 aromatic rings. The van der Waals surface area contributed by atoms with Crippen LogP contribution < -0.4 is 5.73 Å². The number of nitrogens with zero attached hydrogens (tertiary/aromatic N) is 1. The summed E-state index contributed by atoms with van der Waals surface area (Å²) in [6.45, 7) is 0. The summed E-state index contributed by atoms with van der Waals surface area (Å²) in [6, 6.07) is 3.10. The predicted octanol–water partition coefficient (Wildman–Crippen LogP) is 3.01. The van der Waals surface area contributed by atoms with Gasteiger partial charge in [0.25, 0.3) is 5.22 Å². The number of halogens is 2. The van der Waals surface area contributed by atoms with E-state index in [4.69, 9.17) is 15.6 Å². The second-order valence-electron chi connectivity index (χ2n) is 3.05. The van der Waals surface area contributed by atoms with Gasteiger partial charge >= 0.3 is 0 Å². The van der Waals surface area contributed by atoms with Crippen molar-refractivity contribution < 1.29 is 8.81 Å². The Morgan fingerprint density at radius 3 is 2.88 bits per heavy atom. The summed E-state index contributed by atoms with van der Waals surface area (Å²) >= 11 is 4.14. The van der Waals surface area contributed by atoms with Gasteiger partial charge in [-0.05, 0) is 39.8 Å². The number of hydrogen-bond acceptors (Lipinski definition) is 4. The Hall–Kier alpha value is -1.34. The standard InChI is InChI=1S/C10H7BrFN3OS/c11-7-5(9(13)14)1-2-6(8(7)12)17-10-15-3-4-16-10/h1-4H,(H3,13,14). The lowest BCUT2D eigenvalue weighted by atomic mass is 10.2. The molecule has 0 fully saturated rings. The SMILES string of the molecule is N=C(N)c1ccc(Sc2ncco2)c(F)c1Br. The Morgan fingerprint density at radius 2 is 2.29 bits per heavy atom. The molecule has 88 valence electrons. The van der Waals surface area contributed by atoms with Crippen LogP contribution in [0.3, 0.4) is 0 Å². The fourth-order valence-electron chi connectivity index (χ4n) is 1.17. The van der Waals surface area contributed by atoms with Crippen LogP contribution in [0.15, 0.2) is 43.6 Å². The van der Waals surface area contributed by atoms with Crippen molar-refractivity contribution in [3.8, 4) is 0 Å². The fourth-order valence-corrected chi connectivity index (χ4v) is 2.60. The van der Waals surface area contributed by atoms with Gasteiger partial charge in [0.1, 0.15) is 12.1 Å². The minimum absolute atomic E-state index is 0.168. The molecule has 0 aliphatic heterocycles. The highest BCUT2D eigenvalue weighted by molar-refractivity contribution is 9.10. The first-order chi connectivity index (χ1) is 8.09. The number of benzene rings is 1. The summed E-state index contributed by atoms with van der Waals surface area (Å²) in [5, 5.41) is 7.64. The molecule has 0 radical (unpaired) electrons.